The van der Waals surface area contributed by atoms with Gasteiger partial charge in [0.1, 0.15) is 0 Å². The van der Waals surface area contributed by atoms with E-state index in [0.29, 0.717) is 23.1 Å². The molecular formula is C15H19N3O4S2. The standard InChI is InChI=1S/C15H19N3O4S2/c1-9(2)18(8-10-3-6-14(19)16-10)24(21,22)11-4-5-12-13(7-11)23-15(20)17-12/h4-5,7,9-10H,3,6,8H2,1-2H3,(H,16,19)(H,17,20). The molecule has 0 saturated carbocycles. The van der Waals surface area contributed by atoms with Gasteiger partial charge in [0.25, 0.3) is 0 Å². The van der Waals surface area contributed by atoms with Gasteiger partial charge in [0, 0.05) is 25.0 Å². The highest BCUT2D eigenvalue weighted by Gasteiger charge is 2.32. The fraction of sp³-hybridized carbons (Fsp3) is 0.467. The van der Waals surface area contributed by atoms with Crippen molar-refractivity contribution < 1.29 is 13.2 Å². The summed E-state index contributed by atoms with van der Waals surface area (Å²) in [5, 5.41) is 2.81. The van der Waals surface area contributed by atoms with E-state index < -0.39 is 10.0 Å². The number of benzene rings is 1. The van der Waals surface area contributed by atoms with E-state index in [0.717, 1.165) is 11.3 Å². The Kier molecular flexibility index (Phi) is 4.50. The maximum absolute atomic E-state index is 13.0. The van der Waals surface area contributed by atoms with Gasteiger partial charge in [-0.05, 0) is 38.5 Å². The van der Waals surface area contributed by atoms with E-state index in [4.69, 9.17) is 0 Å². The van der Waals surface area contributed by atoms with Gasteiger partial charge in [0.05, 0.1) is 15.1 Å². The minimum absolute atomic E-state index is 0.0420. The van der Waals surface area contributed by atoms with Crippen molar-refractivity contribution in [2.75, 3.05) is 6.54 Å². The summed E-state index contributed by atoms with van der Waals surface area (Å²) in [7, 11) is -3.71. The minimum Gasteiger partial charge on any atom is -0.352 e. The first-order chi connectivity index (χ1) is 11.3. The number of aromatic amines is 1. The van der Waals surface area contributed by atoms with Crippen molar-refractivity contribution >= 4 is 37.5 Å². The van der Waals surface area contributed by atoms with Crippen LogP contribution in [0.4, 0.5) is 0 Å². The van der Waals surface area contributed by atoms with Crippen molar-refractivity contribution in [1.82, 2.24) is 14.6 Å². The lowest BCUT2D eigenvalue weighted by Gasteiger charge is -2.28. The fourth-order valence-electron chi connectivity index (χ4n) is 2.84. The molecule has 1 aliphatic heterocycles. The van der Waals surface area contributed by atoms with E-state index in [1.807, 2.05) is 13.8 Å². The Balaban J connectivity index is 1.94. The molecule has 7 nitrogen and oxygen atoms in total. The van der Waals surface area contributed by atoms with E-state index in [1.165, 1.54) is 16.4 Å². The first-order valence-electron chi connectivity index (χ1n) is 7.71. The maximum atomic E-state index is 13.0. The number of hydrogen-bond acceptors (Lipinski definition) is 5. The van der Waals surface area contributed by atoms with Crippen molar-refractivity contribution in [1.29, 1.82) is 0 Å². The van der Waals surface area contributed by atoms with E-state index in [1.54, 1.807) is 6.07 Å². The monoisotopic (exact) mass is 369 g/mol. The number of fused-ring (bicyclic) bond motifs is 1. The summed E-state index contributed by atoms with van der Waals surface area (Å²) < 4.78 is 28.1. The Hall–Kier alpha value is -1.71. The highest BCUT2D eigenvalue weighted by atomic mass is 32.2. The van der Waals surface area contributed by atoms with Gasteiger partial charge in [-0.25, -0.2) is 8.42 Å². The minimum atomic E-state index is -3.71. The molecule has 1 unspecified atom stereocenters. The number of amides is 1. The van der Waals surface area contributed by atoms with E-state index >= 15 is 0 Å². The molecule has 1 amide bonds. The van der Waals surface area contributed by atoms with E-state index in [-0.39, 0.29) is 34.3 Å². The number of rotatable bonds is 5. The number of aromatic nitrogens is 1. The molecule has 1 atom stereocenters. The van der Waals surface area contributed by atoms with Crippen molar-refractivity contribution in [2.24, 2.45) is 0 Å². The smallest absolute Gasteiger partial charge is 0.305 e. The van der Waals surface area contributed by atoms with Gasteiger partial charge < -0.3 is 10.3 Å². The van der Waals surface area contributed by atoms with Gasteiger partial charge >= 0.3 is 4.87 Å². The molecule has 1 aliphatic rings. The average molecular weight is 369 g/mol. The average Bonchev–Trinajstić information content (AvgIpc) is 3.07. The van der Waals surface area contributed by atoms with Crippen LogP contribution in [0.1, 0.15) is 26.7 Å². The molecule has 2 aromatic rings. The number of thiazole rings is 1. The Morgan fingerprint density at radius 2 is 2.08 bits per heavy atom. The summed E-state index contributed by atoms with van der Waals surface area (Å²) in [4.78, 5) is 25.4. The summed E-state index contributed by atoms with van der Waals surface area (Å²) in [5.74, 6) is -0.0420. The van der Waals surface area contributed by atoms with Crippen LogP contribution < -0.4 is 10.2 Å². The Morgan fingerprint density at radius 1 is 1.33 bits per heavy atom. The molecule has 2 heterocycles. The predicted octanol–water partition coefficient (Wildman–Crippen LogP) is 1.27. The molecule has 1 saturated heterocycles. The number of H-pyrrole nitrogens is 1. The molecule has 2 N–H and O–H groups in total. The van der Waals surface area contributed by atoms with Gasteiger partial charge in [-0.15, -0.1) is 0 Å². The van der Waals surface area contributed by atoms with E-state index in [9.17, 15) is 18.0 Å². The number of nitrogens with zero attached hydrogens (tertiary/aromatic N) is 1. The second kappa shape index (κ2) is 6.30. The molecule has 0 bridgehead atoms. The third kappa shape index (κ3) is 3.24. The molecule has 1 aromatic heterocycles. The summed E-state index contributed by atoms with van der Waals surface area (Å²) in [5.41, 5.74) is 0.628. The summed E-state index contributed by atoms with van der Waals surface area (Å²) in [6, 6.07) is 4.23. The van der Waals surface area contributed by atoms with Crippen LogP contribution in [0.3, 0.4) is 0 Å². The normalized spacial score (nSPS) is 18.7. The van der Waals surface area contributed by atoms with Gasteiger partial charge in [-0.3, -0.25) is 9.59 Å². The number of hydrogen-bond donors (Lipinski definition) is 2. The van der Waals surface area contributed by atoms with Gasteiger partial charge in [-0.2, -0.15) is 4.31 Å². The second-order valence-corrected chi connectivity index (χ2v) is 9.05. The lowest BCUT2D eigenvalue weighted by molar-refractivity contribution is -0.119. The van der Waals surface area contributed by atoms with Gasteiger partial charge in [0.15, 0.2) is 0 Å². The van der Waals surface area contributed by atoms with Crippen LogP contribution >= 0.6 is 11.3 Å². The van der Waals surface area contributed by atoms with Gasteiger partial charge in [0.2, 0.25) is 15.9 Å². The van der Waals surface area contributed by atoms with E-state index in [2.05, 4.69) is 10.3 Å². The van der Waals surface area contributed by atoms with Crippen LogP contribution in [0, 0.1) is 0 Å². The molecule has 1 aromatic carbocycles. The molecule has 3 rings (SSSR count). The highest BCUT2D eigenvalue weighted by Crippen LogP contribution is 2.24. The molecule has 0 spiro atoms. The van der Waals surface area contributed by atoms with Crippen LogP contribution in [0.5, 0.6) is 0 Å². The summed E-state index contributed by atoms with van der Waals surface area (Å²) in [6.07, 6.45) is 1.07. The van der Waals surface area contributed by atoms with Gasteiger partial charge in [-0.1, -0.05) is 11.3 Å². The zero-order valence-corrected chi connectivity index (χ0v) is 15.0. The Labute approximate surface area is 143 Å². The predicted molar refractivity (Wildman–Crippen MR) is 92.6 cm³/mol. The maximum Gasteiger partial charge on any atom is 0.305 e. The van der Waals surface area contributed by atoms with Crippen molar-refractivity contribution in [3.05, 3.63) is 27.9 Å². The van der Waals surface area contributed by atoms with Crippen molar-refractivity contribution in [2.45, 2.75) is 43.7 Å². The largest absolute Gasteiger partial charge is 0.352 e. The third-order valence-corrected chi connectivity index (χ3v) is 6.94. The number of carbonyl (C=O) groups excluding carboxylic acids is 1. The molecule has 0 aliphatic carbocycles. The topological polar surface area (TPSA) is 99.3 Å². The zero-order chi connectivity index (χ0) is 17.5. The molecule has 24 heavy (non-hydrogen) atoms. The Bertz CT molecular complexity index is 930. The second-order valence-electron chi connectivity index (χ2n) is 6.14. The highest BCUT2D eigenvalue weighted by molar-refractivity contribution is 7.89. The molecular weight excluding hydrogens is 350 g/mol. The summed E-state index contributed by atoms with van der Waals surface area (Å²) >= 11 is 0.985. The SMILES string of the molecule is CC(C)N(CC1CCC(=O)N1)S(=O)(=O)c1ccc2[nH]c(=O)sc2c1. The quantitative estimate of drug-likeness (QED) is 0.829. The van der Waals surface area contributed by atoms with Crippen LogP contribution in [0.2, 0.25) is 0 Å². The molecule has 9 heteroatoms. The van der Waals surface area contributed by atoms with Crippen LogP contribution in [-0.2, 0) is 14.8 Å². The number of nitrogens with one attached hydrogen (secondary N) is 2. The van der Waals surface area contributed by atoms with Crippen LogP contribution in [0.15, 0.2) is 27.9 Å². The molecule has 1 fully saturated rings. The van der Waals surface area contributed by atoms with Crippen LogP contribution in [-0.4, -0.2) is 42.2 Å². The lowest BCUT2D eigenvalue weighted by atomic mass is 10.2. The Morgan fingerprint density at radius 3 is 2.71 bits per heavy atom. The summed E-state index contributed by atoms with van der Waals surface area (Å²) in [6.45, 7) is 3.86. The molecule has 130 valence electrons. The first kappa shape index (κ1) is 17.1. The third-order valence-electron chi connectivity index (χ3n) is 4.06. The molecule has 0 radical (unpaired) electrons. The zero-order valence-electron chi connectivity index (χ0n) is 13.4. The fourth-order valence-corrected chi connectivity index (χ4v) is 5.40. The number of carbonyl (C=O) groups is 1. The van der Waals surface area contributed by atoms with Crippen molar-refractivity contribution in [3.63, 3.8) is 0 Å². The first-order valence-corrected chi connectivity index (χ1v) is 9.97. The number of sulfonamides is 1. The van der Waals surface area contributed by atoms with Crippen molar-refractivity contribution in [3.8, 4) is 0 Å². The van der Waals surface area contributed by atoms with Crippen LogP contribution in [0.25, 0.3) is 10.2 Å². The lowest BCUT2D eigenvalue weighted by Crippen LogP contribution is -2.45.